The minimum absolute atomic E-state index is 0.0344. The maximum atomic E-state index is 13.1. The Balaban J connectivity index is 1.33. The minimum atomic E-state index is -4.36. The van der Waals surface area contributed by atoms with Gasteiger partial charge >= 0.3 is 6.18 Å². The molecule has 10 heteroatoms. The fraction of sp³-hybridized carbons (Fsp3) is 0.348. The molecule has 3 aromatic rings. The molecule has 0 spiro atoms. The van der Waals surface area contributed by atoms with Crippen LogP contribution in [-0.2, 0) is 13.6 Å². The van der Waals surface area contributed by atoms with Crippen molar-refractivity contribution >= 4 is 28.7 Å². The van der Waals surface area contributed by atoms with Gasteiger partial charge in [-0.3, -0.25) is 9.69 Å². The first kappa shape index (κ1) is 23.3. The molecule has 6 nitrogen and oxygen atoms in total. The van der Waals surface area contributed by atoms with Crippen LogP contribution < -0.4 is 9.03 Å². The fourth-order valence-corrected chi connectivity index (χ4v) is 4.06. The highest BCUT2D eigenvalue weighted by Gasteiger charge is 2.28. The summed E-state index contributed by atoms with van der Waals surface area (Å²) in [5.41, 5.74) is 2.48. The van der Waals surface area contributed by atoms with E-state index >= 15 is 0 Å². The van der Waals surface area contributed by atoms with Crippen LogP contribution in [-0.4, -0.2) is 59.2 Å². The Hall–Kier alpha value is -2.91. The monoisotopic (exact) mass is 481 g/mol. The summed E-state index contributed by atoms with van der Waals surface area (Å²) in [6.07, 6.45) is -4.36. The molecule has 1 fully saturated rings. The normalized spacial score (nSPS) is 15.1. The van der Waals surface area contributed by atoms with E-state index in [1.807, 2.05) is 28.6 Å². The van der Waals surface area contributed by atoms with Crippen molar-refractivity contribution in [2.24, 2.45) is 7.05 Å². The summed E-state index contributed by atoms with van der Waals surface area (Å²) in [5.74, 6) is 0.668. The van der Waals surface area contributed by atoms with Crippen LogP contribution >= 0.6 is 11.9 Å². The number of piperazine rings is 1. The van der Waals surface area contributed by atoms with Gasteiger partial charge in [0.25, 0.3) is 5.91 Å². The van der Waals surface area contributed by atoms with Gasteiger partial charge in [0.05, 0.1) is 0 Å². The van der Waals surface area contributed by atoms with E-state index in [1.165, 1.54) is 0 Å². The summed E-state index contributed by atoms with van der Waals surface area (Å²) in [6, 6.07) is 13.8. The van der Waals surface area contributed by atoms with Crippen molar-refractivity contribution in [3.8, 4) is 11.5 Å². The van der Waals surface area contributed by atoms with Crippen LogP contribution in [0.25, 0.3) is 10.9 Å². The van der Waals surface area contributed by atoms with E-state index in [0.29, 0.717) is 44.2 Å². The zero-order valence-corrected chi connectivity index (χ0v) is 18.7. The summed E-state index contributed by atoms with van der Waals surface area (Å²) in [5, 5.41) is 0.875. The number of hydrogen-bond donors (Lipinski definition) is 0. The minimum Gasteiger partial charge on any atom is -0.484 e. The molecule has 0 saturated carbocycles. The standard InChI is InChI=1S/C23H23ClF3N3O3/c1-28-20-7-6-19(33-24)12-17(20)13-21(28)22(31)30-10-8-29(9-11-30)14-16-2-4-18(5-3-16)32-15-23(25,26)27/h2-7,12-13H,8-11,14-15H2,1H3. The van der Waals surface area contributed by atoms with Gasteiger partial charge in [0, 0.05) is 50.7 Å². The molecular weight excluding hydrogens is 459 g/mol. The maximum Gasteiger partial charge on any atom is 0.422 e. The number of benzene rings is 2. The van der Waals surface area contributed by atoms with Crippen molar-refractivity contribution in [3.05, 3.63) is 59.8 Å². The third kappa shape index (κ3) is 5.54. The van der Waals surface area contributed by atoms with Crippen LogP contribution in [0.4, 0.5) is 13.2 Å². The molecule has 0 atom stereocenters. The lowest BCUT2D eigenvalue weighted by Gasteiger charge is -2.34. The topological polar surface area (TPSA) is 46.9 Å². The summed E-state index contributed by atoms with van der Waals surface area (Å²) in [6.45, 7) is 1.92. The highest BCUT2D eigenvalue weighted by atomic mass is 35.5. The molecule has 2 heterocycles. The molecule has 1 aromatic heterocycles. The van der Waals surface area contributed by atoms with Crippen molar-refractivity contribution in [3.63, 3.8) is 0 Å². The summed E-state index contributed by atoms with van der Waals surface area (Å²) >= 11 is 5.43. The second-order valence-corrected chi connectivity index (χ2v) is 8.16. The van der Waals surface area contributed by atoms with E-state index in [4.69, 9.17) is 20.9 Å². The van der Waals surface area contributed by atoms with Crippen LogP contribution in [0.5, 0.6) is 11.5 Å². The van der Waals surface area contributed by atoms with Gasteiger partial charge < -0.3 is 18.5 Å². The molecule has 2 aromatic carbocycles. The number of alkyl halides is 3. The molecule has 33 heavy (non-hydrogen) atoms. The van der Waals surface area contributed by atoms with Gasteiger partial charge in [-0.2, -0.15) is 13.2 Å². The Kier molecular flexibility index (Phi) is 6.71. The first-order valence-corrected chi connectivity index (χ1v) is 10.7. The van der Waals surface area contributed by atoms with Crippen LogP contribution in [0.2, 0.25) is 0 Å². The number of carbonyl (C=O) groups is 1. The van der Waals surface area contributed by atoms with E-state index in [2.05, 4.69) is 4.90 Å². The highest BCUT2D eigenvalue weighted by Crippen LogP contribution is 2.26. The van der Waals surface area contributed by atoms with Gasteiger partial charge in [-0.1, -0.05) is 12.1 Å². The first-order valence-electron chi connectivity index (χ1n) is 10.4. The van der Waals surface area contributed by atoms with Crippen molar-refractivity contribution in [2.75, 3.05) is 32.8 Å². The number of nitrogens with zero attached hydrogens (tertiary/aromatic N) is 3. The Morgan fingerprint density at radius 1 is 1.00 bits per heavy atom. The maximum absolute atomic E-state index is 13.1. The summed E-state index contributed by atoms with van der Waals surface area (Å²) in [4.78, 5) is 17.2. The molecule has 1 aliphatic heterocycles. The predicted octanol–water partition coefficient (Wildman–Crippen LogP) is 4.61. The lowest BCUT2D eigenvalue weighted by molar-refractivity contribution is -0.153. The molecule has 0 unspecified atom stereocenters. The van der Waals surface area contributed by atoms with Gasteiger partial charge in [0.15, 0.2) is 6.61 Å². The zero-order chi connectivity index (χ0) is 23.6. The Bertz CT molecular complexity index is 1120. The molecule has 0 bridgehead atoms. The number of ether oxygens (including phenoxy) is 1. The molecule has 1 saturated heterocycles. The number of amides is 1. The molecule has 4 rings (SSSR count). The van der Waals surface area contributed by atoms with Gasteiger partial charge in [0.1, 0.15) is 29.1 Å². The van der Waals surface area contributed by atoms with E-state index < -0.39 is 12.8 Å². The Morgan fingerprint density at radius 2 is 1.67 bits per heavy atom. The number of carbonyl (C=O) groups excluding carboxylic acids is 1. The quantitative estimate of drug-likeness (QED) is 0.516. The molecule has 1 amide bonds. The third-order valence-corrected chi connectivity index (χ3v) is 5.89. The van der Waals surface area contributed by atoms with Crippen molar-refractivity contribution in [1.82, 2.24) is 14.4 Å². The number of aromatic nitrogens is 1. The molecule has 0 radical (unpaired) electrons. The van der Waals surface area contributed by atoms with Crippen LogP contribution in [0.3, 0.4) is 0 Å². The number of aryl methyl sites for hydroxylation is 1. The van der Waals surface area contributed by atoms with Gasteiger partial charge in [0.2, 0.25) is 0 Å². The van der Waals surface area contributed by atoms with Gasteiger partial charge in [-0.15, -0.1) is 0 Å². The zero-order valence-electron chi connectivity index (χ0n) is 17.9. The van der Waals surface area contributed by atoms with Crippen LogP contribution in [0.1, 0.15) is 16.1 Å². The Morgan fingerprint density at radius 3 is 2.30 bits per heavy atom. The van der Waals surface area contributed by atoms with Crippen LogP contribution in [0.15, 0.2) is 48.5 Å². The molecule has 0 N–H and O–H groups in total. The third-order valence-electron chi connectivity index (χ3n) is 5.71. The number of fused-ring (bicyclic) bond motifs is 1. The Labute approximate surface area is 194 Å². The van der Waals surface area contributed by atoms with Crippen molar-refractivity contribution in [2.45, 2.75) is 12.7 Å². The molecule has 176 valence electrons. The number of halogens is 4. The second kappa shape index (κ2) is 9.52. The first-order chi connectivity index (χ1) is 15.7. The number of rotatable bonds is 6. The smallest absolute Gasteiger partial charge is 0.422 e. The van der Waals surface area contributed by atoms with Gasteiger partial charge in [-0.25, -0.2) is 0 Å². The fourth-order valence-electron chi connectivity index (χ4n) is 3.97. The molecule has 1 aliphatic rings. The lowest BCUT2D eigenvalue weighted by Crippen LogP contribution is -2.48. The number of hydrogen-bond acceptors (Lipinski definition) is 4. The lowest BCUT2D eigenvalue weighted by atomic mass is 10.2. The summed E-state index contributed by atoms with van der Waals surface area (Å²) in [7, 11) is 1.86. The molecular formula is C23H23ClF3N3O3. The van der Waals surface area contributed by atoms with E-state index in [-0.39, 0.29) is 11.7 Å². The average molecular weight is 482 g/mol. The van der Waals surface area contributed by atoms with E-state index in [0.717, 1.165) is 16.5 Å². The second-order valence-electron chi connectivity index (χ2n) is 8.00. The van der Waals surface area contributed by atoms with Crippen LogP contribution in [0, 0.1) is 0 Å². The largest absolute Gasteiger partial charge is 0.484 e. The molecule has 0 aliphatic carbocycles. The highest BCUT2D eigenvalue weighted by molar-refractivity contribution is 6.09. The van der Waals surface area contributed by atoms with Crippen molar-refractivity contribution in [1.29, 1.82) is 0 Å². The average Bonchev–Trinajstić information content (AvgIpc) is 3.13. The summed E-state index contributed by atoms with van der Waals surface area (Å²) < 4.78 is 48.1. The van der Waals surface area contributed by atoms with E-state index in [9.17, 15) is 18.0 Å². The van der Waals surface area contributed by atoms with Gasteiger partial charge in [-0.05, 0) is 42.0 Å². The predicted molar refractivity (Wildman–Crippen MR) is 119 cm³/mol. The van der Waals surface area contributed by atoms with Crippen molar-refractivity contribution < 1.29 is 27.0 Å². The van der Waals surface area contributed by atoms with E-state index in [1.54, 1.807) is 36.4 Å². The SMILES string of the molecule is Cn1c(C(=O)N2CCN(Cc3ccc(OCC(F)(F)F)cc3)CC2)cc2cc(OCl)ccc21.